The summed E-state index contributed by atoms with van der Waals surface area (Å²) >= 11 is 0. The van der Waals surface area contributed by atoms with Crippen LogP contribution in [0.1, 0.15) is 22.3 Å². The second kappa shape index (κ2) is 13.0. The van der Waals surface area contributed by atoms with E-state index in [4.69, 9.17) is 28.4 Å². The number of ether oxygens (including phenoxy) is 6. The third-order valence-electron chi connectivity index (χ3n) is 9.87. The summed E-state index contributed by atoms with van der Waals surface area (Å²) in [5.74, 6) is 1.67. The van der Waals surface area contributed by atoms with Crippen LogP contribution in [0.5, 0.6) is 11.5 Å². The van der Waals surface area contributed by atoms with Crippen molar-refractivity contribution in [1.82, 2.24) is 0 Å². The Labute approximate surface area is 286 Å². The molecular formula is C43H38O6. The summed E-state index contributed by atoms with van der Waals surface area (Å²) in [5.41, 5.74) is 7.02. The molecule has 6 aromatic carbocycles. The van der Waals surface area contributed by atoms with Crippen LogP contribution in [-0.4, -0.2) is 65.1 Å². The molecule has 2 atom stereocenters. The molecule has 246 valence electrons. The summed E-state index contributed by atoms with van der Waals surface area (Å²) in [7, 11) is 0. The lowest BCUT2D eigenvalue weighted by Crippen LogP contribution is -2.29. The van der Waals surface area contributed by atoms with Crippen molar-refractivity contribution in [3.05, 3.63) is 144 Å². The molecule has 2 heterocycles. The molecule has 2 unspecified atom stereocenters. The lowest BCUT2D eigenvalue weighted by atomic mass is 9.65. The normalized spacial score (nSPS) is 18.3. The smallest absolute Gasteiger partial charge is 0.120 e. The van der Waals surface area contributed by atoms with Gasteiger partial charge in [-0.15, -0.1) is 0 Å². The zero-order valence-corrected chi connectivity index (χ0v) is 27.3. The molecule has 0 N–H and O–H groups in total. The molecule has 49 heavy (non-hydrogen) atoms. The Morgan fingerprint density at radius 1 is 0.490 bits per heavy atom. The molecule has 0 aromatic heterocycles. The van der Waals surface area contributed by atoms with E-state index < -0.39 is 5.41 Å². The molecule has 2 aliphatic heterocycles. The quantitative estimate of drug-likeness (QED) is 0.0880. The highest BCUT2D eigenvalue weighted by Gasteiger charge is 2.47. The second-order valence-corrected chi connectivity index (χ2v) is 13.0. The van der Waals surface area contributed by atoms with Crippen LogP contribution >= 0.6 is 0 Å². The molecule has 6 aromatic rings. The maximum atomic E-state index is 6.14. The van der Waals surface area contributed by atoms with Gasteiger partial charge in [0.05, 0.1) is 45.1 Å². The van der Waals surface area contributed by atoms with Crippen LogP contribution < -0.4 is 9.47 Å². The monoisotopic (exact) mass is 650 g/mol. The summed E-state index contributed by atoms with van der Waals surface area (Å²) in [6, 6.07) is 44.0. The van der Waals surface area contributed by atoms with Crippen molar-refractivity contribution in [3.8, 4) is 22.6 Å². The van der Waals surface area contributed by atoms with Gasteiger partial charge < -0.3 is 28.4 Å². The van der Waals surface area contributed by atoms with Crippen LogP contribution in [0.15, 0.2) is 121 Å². The molecule has 6 heteroatoms. The van der Waals surface area contributed by atoms with E-state index in [1.54, 1.807) is 0 Å². The molecule has 2 fully saturated rings. The maximum Gasteiger partial charge on any atom is 0.120 e. The fourth-order valence-electron chi connectivity index (χ4n) is 7.51. The average Bonchev–Trinajstić information content (AvgIpc) is 4.09. The van der Waals surface area contributed by atoms with Crippen LogP contribution in [0.4, 0.5) is 0 Å². The van der Waals surface area contributed by atoms with Crippen molar-refractivity contribution < 1.29 is 28.4 Å². The number of hydrogen-bond acceptors (Lipinski definition) is 6. The number of rotatable bonds is 14. The Bertz CT molecular complexity index is 1980. The van der Waals surface area contributed by atoms with Crippen LogP contribution in [0.3, 0.4) is 0 Å². The zero-order chi connectivity index (χ0) is 32.6. The van der Waals surface area contributed by atoms with Gasteiger partial charge in [0.25, 0.3) is 0 Å². The molecule has 1 aliphatic carbocycles. The van der Waals surface area contributed by atoms with Crippen LogP contribution in [0.25, 0.3) is 32.7 Å². The van der Waals surface area contributed by atoms with E-state index in [-0.39, 0.29) is 12.2 Å². The first-order valence-electron chi connectivity index (χ1n) is 17.2. The summed E-state index contributed by atoms with van der Waals surface area (Å²) in [6.45, 7) is 4.90. The molecule has 9 rings (SSSR count). The van der Waals surface area contributed by atoms with Crippen LogP contribution in [0, 0.1) is 0 Å². The highest BCUT2D eigenvalue weighted by Crippen LogP contribution is 2.58. The molecule has 3 aliphatic rings. The van der Waals surface area contributed by atoms with E-state index in [1.165, 1.54) is 44.2 Å². The lowest BCUT2D eigenvalue weighted by molar-refractivity contribution is 0.0879. The minimum atomic E-state index is -0.561. The molecule has 0 amide bonds. The zero-order valence-electron chi connectivity index (χ0n) is 27.3. The van der Waals surface area contributed by atoms with Gasteiger partial charge in [-0.25, -0.2) is 0 Å². The van der Waals surface area contributed by atoms with Gasteiger partial charge in [0.2, 0.25) is 0 Å². The molecule has 0 saturated carbocycles. The fourth-order valence-corrected chi connectivity index (χ4v) is 7.51. The largest absolute Gasteiger partial charge is 0.491 e. The summed E-state index contributed by atoms with van der Waals surface area (Å²) in [6.07, 6.45) is 0.513. The molecule has 6 nitrogen and oxygen atoms in total. The molecular weight excluding hydrogens is 612 g/mol. The minimum Gasteiger partial charge on any atom is -0.491 e. The van der Waals surface area contributed by atoms with Crippen molar-refractivity contribution in [2.24, 2.45) is 0 Å². The lowest BCUT2D eigenvalue weighted by Gasteiger charge is -2.36. The number of fused-ring (bicyclic) bond motifs is 5. The predicted molar refractivity (Wildman–Crippen MR) is 191 cm³/mol. The first kappa shape index (κ1) is 30.3. The van der Waals surface area contributed by atoms with E-state index in [0.717, 1.165) is 35.5 Å². The number of epoxide rings is 2. The summed E-state index contributed by atoms with van der Waals surface area (Å²) in [4.78, 5) is 0. The fraction of sp³-hybridized carbons (Fsp3) is 0.256. The topological polar surface area (TPSA) is 62.0 Å². The van der Waals surface area contributed by atoms with Crippen LogP contribution in [-0.2, 0) is 24.4 Å². The Balaban J connectivity index is 1.14. The van der Waals surface area contributed by atoms with Crippen LogP contribution in [0.2, 0.25) is 0 Å². The van der Waals surface area contributed by atoms with E-state index >= 15 is 0 Å². The van der Waals surface area contributed by atoms with Gasteiger partial charge in [0, 0.05) is 0 Å². The summed E-state index contributed by atoms with van der Waals surface area (Å²) < 4.78 is 34.1. The van der Waals surface area contributed by atoms with Crippen molar-refractivity contribution in [2.45, 2.75) is 17.6 Å². The number of benzene rings is 6. The molecule has 0 bridgehead atoms. The Hall–Kier alpha value is -4.72. The van der Waals surface area contributed by atoms with Gasteiger partial charge in [-0.2, -0.15) is 0 Å². The van der Waals surface area contributed by atoms with Crippen molar-refractivity contribution >= 4 is 21.5 Å². The van der Waals surface area contributed by atoms with E-state index in [1.807, 2.05) is 0 Å². The van der Waals surface area contributed by atoms with Gasteiger partial charge in [0.15, 0.2) is 0 Å². The molecule has 0 radical (unpaired) electrons. The van der Waals surface area contributed by atoms with Gasteiger partial charge in [0.1, 0.15) is 36.9 Å². The standard InChI is InChI=1S/C43H38O6/c1-3-11-41-37(9-1)38-10-2-4-12-42(38)43(41,39-13-5-7-29-23-31(15-17-35(29)39)46-21-19-44-25-33-27-48-33)40-14-6-8-30-24-32(16-18-36(30)40)47-22-20-45-26-34-28-49-34/h1-18,23-24,33-34H,19-22,25-28H2. The van der Waals surface area contributed by atoms with E-state index in [9.17, 15) is 0 Å². The van der Waals surface area contributed by atoms with Gasteiger partial charge >= 0.3 is 0 Å². The highest BCUT2D eigenvalue weighted by molar-refractivity contribution is 5.99. The van der Waals surface area contributed by atoms with Crippen molar-refractivity contribution in [2.75, 3.05) is 52.9 Å². The van der Waals surface area contributed by atoms with Gasteiger partial charge in [-0.1, -0.05) is 97.1 Å². The third-order valence-corrected chi connectivity index (χ3v) is 9.87. The third kappa shape index (κ3) is 5.75. The Kier molecular flexibility index (Phi) is 8.02. The van der Waals surface area contributed by atoms with E-state index in [2.05, 4.69) is 121 Å². The second-order valence-electron chi connectivity index (χ2n) is 13.0. The maximum absolute atomic E-state index is 6.14. The predicted octanol–water partition coefficient (Wildman–Crippen LogP) is 7.94. The minimum absolute atomic E-state index is 0.256. The first-order valence-corrected chi connectivity index (χ1v) is 17.2. The highest BCUT2D eigenvalue weighted by atomic mass is 16.6. The molecule has 2 saturated heterocycles. The molecule has 0 spiro atoms. The first-order chi connectivity index (χ1) is 24.3. The SMILES string of the molecule is c1ccc2c(c1)-c1ccccc1C2(c1cccc2cc(OCCOCC3CO3)ccc12)c1cccc2cc(OCCOCC3CO3)ccc12. The number of hydrogen-bond donors (Lipinski definition) is 0. The van der Waals surface area contributed by atoms with E-state index in [0.29, 0.717) is 39.6 Å². The average molecular weight is 651 g/mol. The summed E-state index contributed by atoms with van der Waals surface area (Å²) in [5, 5.41) is 4.65. The van der Waals surface area contributed by atoms with Gasteiger partial charge in [-0.3, -0.25) is 0 Å². The Morgan fingerprint density at radius 3 is 1.41 bits per heavy atom. The Morgan fingerprint density at radius 2 is 0.939 bits per heavy atom. The van der Waals surface area contributed by atoms with Crippen molar-refractivity contribution in [1.29, 1.82) is 0 Å². The van der Waals surface area contributed by atoms with Gasteiger partial charge in [-0.05, 0) is 79.2 Å². The van der Waals surface area contributed by atoms with Crippen molar-refractivity contribution in [3.63, 3.8) is 0 Å².